The van der Waals surface area contributed by atoms with Gasteiger partial charge in [0, 0.05) is 0 Å². The first kappa shape index (κ1) is 13.7. The van der Waals surface area contributed by atoms with Gasteiger partial charge in [0.2, 0.25) is 0 Å². The molecule has 0 amide bonds. The monoisotopic (exact) mass is 214 g/mol. The Balaban J connectivity index is 0. The molecule has 72 valence electrons. The van der Waals surface area contributed by atoms with Crippen LogP contribution in [-0.2, 0) is 0 Å². The Morgan fingerprint density at radius 3 is 1.38 bits per heavy atom. The first-order chi connectivity index (χ1) is 5.46. The Bertz CT molecular complexity index is 118. The van der Waals surface area contributed by atoms with Crippen LogP contribution >= 0.6 is 0 Å². The average molecular weight is 214 g/mol. The van der Waals surface area contributed by atoms with Gasteiger partial charge >= 0.3 is 33.5 Å². The summed E-state index contributed by atoms with van der Waals surface area (Å²) in [6.07, 6.45) is -8.59. The fourth-order valence-corrected chi connectivity index (χ4v) is 2.53. The van der Waals surface area contributed by atoms with Crippen molar-refractivity contribution in [3.8, 4) is 0 Å². The number of hydrogen-bond donors (Lipinski definition) is 0. The summed E-state index contributed by atoms with van der Waals surface area (Å²) in [5, 5.41) is -5.55. The van der Waals surface area contributed by atoms with Gasteiger partial charge in [-0.05, 0) is 0 Å². The maximum atomic E-state index is 12.4. The number of hydrogen-bond acceptors (Lipinski definition) is 0. The van der Waals surface area contributed by atoms with Gasteiger partial charge in [0.25, 0.3) is 0 Å². The number of halogens is 6. The van der Waals surface area contributed by atoms with Crippen LogP contribution in [0.2, 0.25) is 0 Å². The third-order valence-electron chi connectivity index (χ3n) is 1.83. The maximum Gasteiger partial charge on any atom is 1.00 e. The molecule has 1 aliphatic heterocycles. The molecule has 13 heavy (non-hydrogen) atoms. The summed E-state index contributed by atoms with van der Waals surface area (Å²) >= 11 is -4.26. The van der Waals surface area contributed by atoms with E-state index in [1.54, 1.807) is 0 Å². The molecule has 0 aromatic carbocycles. The van der Waals surface area contributed by atoms with Crippen molar-refractivity contribution in [3.63, 3.8) is 0 Å². The van der Waals surface area contributed by atoms with Crippen molar-refractivity contribution in [2.75, 3.05) is 0 Å². The molecule has 8 heteroatoms. The summed E-state index contributed by atoms with van der Waals surface area (Å²) in [6, 6.07) is 0. The van der Waals surface area contributed by atoms with E-state index < -0.39 is 43.2 Å². The molecule has 0 aromatic heterocycles. The standard InChI is InChI=1S/C5H5F5.Al.FH.Li.H/c6-1-3(8)5(10)4(9)2-7;;;;/h1-5H;;1H;;/q;+1;;+1;-1/p-1. The second-order valence-corrected chi connectivity index (χ2v) is 4.83. The Hall–Kier alpha value is 0.710. The van der Waals surface area contributed by atoms with Gasteiger partial charge in [-0.1, -0.05) is 0 Å². The van der Waals surface area contributed by atoms with Crippen molar-refractivity contribution in [1.29, 1.82) is 0 Å². The zero-order valence-electron chi connectivity index (χ0n) is 7.73. The van der Waals surface area contributed by atoms with Crippen LogP contribution in [0.15, 0.2) is 0 Å². The van der Waals surface area contributed by atoms with Crippen LogP contribution in [0, 0.1) is 0 Å². The van der Waals surface area contributed by atoms with Crippen LogP contribution in [0.5, 0.6) is 0 Å². The minimum Gasteiger partial charge on any atom is -1.00 e. The van der Waals surface area contributed by atoms with Gasteiger partial charge < -0.3 is 4.95 Å². The van der Waals surface area contributed by atoms with E-state index in [2.05, 4.69) is 0 Å². The molecule has 0 aromatic rings. The van der Waals surface area contributed by atoms with Gasteiger partial charge in [-0.3, -0.25) is 8.78 Å². The van der Waals surface area contributed by atoms with Crippen molar-refractivity contribution < 1.29 is 45.8 Å². The average Bonchev–Trinajstić information content (AvgIpc) is 2.08. The zero-order valence-corrected chi connectivity index (χ0v) is 7.89. The largest absolute Gasteiger partial charge is 1.00 e. The van der Waals surface area contributed by atoms with E-state index in [-0.39, 0.29) is 20.3 Å². The molecule has 1 aliphatic rings. The number of rotatable bonds is 0. The molecule has 0 N–H and O–H groups in total. The first-order valence-electron chi connectivity index (χ1n) is 3.31. The van der Waals surface area contributed by atoms with Crippen molar-refractivity contribution in [1.82, 2.24) is 0 Å². The molecule has 1 saturated heterocycles. The van der Waals surface area contributed by atoms with E-state index in [4.69, 9.17) is 0 Å². The summed E-state index contributed by atoms with van der Waals surface area (Å²) in [5.74, 6) is 0. The van der Waals surface area contributed by atoms with Crippen LogP contribution in [0.4, 0.5) is 25.5 Å². The van der Waals surface area contributed by atoms with Gasteiger partial charge in [-0.25, -0.2) is 13.2 Å². The second kappa shape index (κ2) is 4.98. The predicted molar refractivity (Wildman–Crippen MR) is 32.5 cm³/mol. The second-order valence-electron chi connectivity index (χ2n) is 2.67. The summed E-state index contributed by atoms with van der Waals surface area (Å²) in [5.41, 5.74) is 0. The smallest absolute Gasteiger partial charge is 1.00 e. The summed E-state index contributed by atoms with van der Waals surface area (Å²) in [6.45, 7) is 0. The molecule has 0 aliphatic carbocycles. The molecule has 1 heterocycles. The van der Waals surface area contributed by atoms with Gasteiger partial charge in [0.05, 0.1) is 0 Å². The van der Waals surface area contributed by atoms with Crippen molar-refractivity contribution in [2.24, 2.45) is 0 Å². The predicted octanol–water partition coefficient (Wildman–Crippen LogP) is -1.15. The molecule has 0 nitrogen and oxygen atoms in total. The van der Waals surface area contributed by atoms with Gasteiger partial charge in [-0.2, -0.15) is 0 Å². The minimum atomic E-state index is -4.26. The molecule has 0 bridgehead atoms. The molecule has 0 saturated carbocycles. The van der Waals surface area contributed by atoms with Gasteiger partial charge in [0.1, 0.15) is 10.1 Å². The van der Waals surface area contributed by atoms with Crippen LogP contribution in [-0.4, -0.2) is 43.2 Å². The third kappa shape index (κ3) is 2.39. The molecule has 4 atom stereocenters. The molecule has 1 rings (SSSR count). The van der Waals surface area contributed by atoms with Gasteiger partial charge in [-0.15, -0.1) is 0 Å². The molecule has 1 fully saturated rings. The maximum absolute atomic E-state index is 12.4. The Morgan fingerprint density at radius 1 is 0.769 bits per heavy atom. The van der Waals surface area contributed by atoms with E-state index in [1.807, 2.05) is 0 Å². The van der Waals surface area contributed by atoms with Crippen LogP contribution < -0.4 is 18.9 Å². The summed E-state index contributed by atoms with van der Waals surface area (Å²) in [7, 11) is 0. The zero-order chi connectivity index (χ0) is 9.46. The van der Waals surface area contributed by atoms with Crippen molar-refractivity contribution in [3.05, 3.63) is 0 Å². The topological polar surface area (TPSA) is 0 Å². The van der Waals surface area contributed by atoms with Crippen LogP contribution in [0.1, 0.15) is 1.43 Å². The fourth-order valence-electron chi connectivity index (χ4n) is 1.05. The van der Waals surface area contributed by atoms with Crippen molar-refractivity contribution >= 4 is 14.6 Å². The molecular formula is C5H6AlF6Li. The van der Waals surface area contributed by atoms with E-state index in [0.29, 0.717) is 0 Å². The van der Waals surface area contributed by atoms with E-state index in [9.17, 15) is 25.5 Å². The normalized spacial score (nSPS) is 45.7. The Labute approximate surface area is 89.2 Å². The Morgan fingerprint density at radius 2 is 1.08 bits per heavy atom. The molecule has 0 radical (unpaired) electrons. The van der Waals surface area contributed by atoms with E-state index in [1.165, 1.54) is 0 Å². The SMILES string of the molecule is FC1C(F)[CH](F)[Al]([F])[CH](F)C1F.[H-].[Li+]. The summed E-state index contributed by atoms with van der Waals surface area (Å²) in [4.78, 5) is 0. The van der Waals surface area contributed by atoms with E-state index >= 15 is 0 Å². The van der Waals surface area contributed by atoms with Gasteiger partial charge in [0.15, 0.2) is 18.5 Å². The van der Waals surface area contributed by atoms with Crippen LogP contribution in [0.3, 0.4) is 0 Å². The molecular weight excluding hydrogens is 208 g/mol. The molecule has 0 spiro atoms. The van der Waals surface area contributed by atoms with E-state index in [0.717, 1.165) is 0 Å². The number of alkyl halides is 5. The Kier molecular flexibility index (Phi) is 5.25. The van der Waals surface area contributed by atoms with Crippen LogP contribution in [0.25, 0.3) is 0 Å². The third-order valence-corrected chi connectivity index (χ3v) is 3.78. The minimum absolute atomic E-state index is 0. The fraction of sp³-hybridized carbons (Fsp3) is 1.00. The first-order valence-corrected chi connectivity index (χ1v) is 5.08. The van der Waals surface area contributed by atoms with Crippen molar-refractivity contribution in [2.45, 2.75) is 28.6 Å². The molecule has 4 unspecified atom stereocenters. The summed E-state index contributed by atoms with van der Waals surface area (Å²) < 4.78 is 73.8. The quantitative estimate of drug-likeness (QED) is 0.352.